The van der Waals surface area contributed by atoms with Crippen LogP contribution in [0.3, 0.4) is 0 Å². The molecule has 1 N–H and O–H groups in total. The van der Waals surface area contributed by atoms with E-state index in [9.17, 15) is 25.0 Å². The largest absolute Gasteiger partial charge is 0.319 e. The number of nitro groups is 2. The molecule has 1 heterocycles. The first kappa shape index (κ1) is 17.7. The molecule has 10 nitrogen and oxygen atoms in total. The Kier molecular flexibility index (Phi) is 4.88. The lowest BCUT2D eigenvalue weighted by atomic mass is 10.1. The van der Waals surface area contributed by atoms with Gasteiger partial charge in [0.25, 0.3) is 17.3 Å². The number of nitrogens with one attached hydrogen (secondary N) is 1. The van der Waals surface area contributed by atoms with Gasteiger partial charge >= 0.3 is 0 Å². The molecule has 0 radical (unpaired) electrons. The van der Waals surface area contributed by atoms with Gasteiger partial charge in [-0.25, -0.2) is 0 Å². The third-order valence-corrected chi connectivity index (χ3v) is 3.66. The zero-order chi connectivity index (χ0) is 19.4. The fourth-order valence-electron chi connectivity index (χ4n) is 2.43. The van der Waals surface area contributed by atoms with Crippen LogP contribution in [-0.4, -0.2) is 25.5 Å². The third-order valence-electron chi connectivity index (χ3n) is 3.66. The Hall–Kier alpha value is -4.08. The molecule has 0 fully saturated rings. The molecule has 3 aromatic rings. The minimum absolute atomic E-state index is 0.188. The quantitative estimate of drug-likeness (QED) is 0.526. The summed E-state index contributed by atoms with van der Waals surface area (Å²) in [5, 5.41) is 28.5. The fraction of sp³-hybridized carbons (Fsp3) is 0.0588. The van der Waals surface area contributed by atoms with Crippen molar-refractivity contribution in [2.75, 3.05) is 5.32 Å². The van der Waals surface area contributed by atoms with Crippen molar-refractivity contribution in [3.63, 3.8) is 0 Å². The van der Waals surface area contributed by atoms with Crippen LogP contribution in [0.1, 0.15) is 15.9 Å². The number of hydrogen-bond donors (Lipinski definition) is 1. The van der Waals surface area contributed by atoms with Crippen LogP contribution in [0.25, 0.3) is 0 Å². The van der Waals surface area contributed by atoms with Crippen LogP contribution in [0.15, 0.2) is 60.9 Å². The molecule has 0 saturated heterocycles. The highest BCUT2D eigenvalue weighted by Gasteiger charge is 2.20. The number of rotatable bonds is 6. The highest BCUT2D eigenvalue weighted by atomic mass is 16.6. The normalized spacial score (nSPS) is 10.4. The summed E-state index contributed by atoms with van der Waals surface area (Å²) < 4.78 is 1.61. The van der Waals surface area contributed by atoms with Gasteiger partial charge in [0.05, 0.1) is 39.9 Å². The van der Waals surface area contributed by atoms with E-state index in [1.807, 2.05) is 30.3 Å². The number of non-ortho nitro benzene ring substituents is 2. The van der Waals surface area contributed by atoms with Gasteiger partial charge in [0.15, 0.2) is 0 Å². The number of nitro benzene ring substituents is 2. The lowest BCUT2D eigenvalue weighted by Crippen LogP contribution is -2.12. The van der Waals surface area contributed by atoms with Gasteiger partial charge in [0, 0.05) is 18.3 Å². The molecule has 0 bridgehead atoms. The maximum Gasteiger partial charge on any atom is 0.277 e. The van der Waals surface area contributed by atoms with E-state index >= 15 is 0 Å². The van der Waals surface area contributed by atoms with Crippen LogP contribution >= 0.6 is 0 Å². The van der Waals surface area contributed by atoms with Crippen molar-refractivity contribution in [1.29, 1.82) is 0 Å². The molecular weight excluding hydrogens is 354 g/mol. The van der Waals surface area contributed by atoms with Crippen molar-refractivity contribution in [2.24, 2.45) is 0 Å². The molecule has 27 heavy (non-hydrogen) atoms. The number of aromatic nitrogens is 2. The first-order valence-electron chi connectivity index (χ1n) is 7.74. The molecule has 0 aliphatic heterocycles. The SMILES string of the molecule is O=C(Nc1cnn(Cc2ccccc2)c1)c1cc([N+](=O)[O-])cc([N+](=O)[O-])c1. The second-order valence-electron chi connectivity index (χ2n) is 5.62. The van der Waals surface area contributed by atoms with Gasteiger partial charge in [-0.2, -0.15) is 5.10 Å². The van der Waals surface area contributed by atoms with E-state index in [2.05, 4.69) is 10.4 Å². The second-order valence-corrected chi connectivity index (χ2v) is 5.62. The molecule has 10 heteroatoms. The lowest BCUT2D eigenvalue weighted by molar-refractivity contribution is -0.394. The Morgan fingerprint density at radius 3 is 2.26 bits per heavy atom. The van der Waals surface area contributed by atoms with E-state index in [0.29, 0.717) is 12.2 Å². The minimum Gasteiger partial charge on any atom is -0.319 e. The van der Waals surface area contributed by atoms with E-state index in [1.54, 1.807) is 10.9 Å². The van der Waals surface area contributed by atoms with Gasteiger partial charge in [0.2, 0.25) is 0 Å². The minimum atomic E-state index is -0.790. The number of anilines is 1. The second kappa shape index (κ2) is 7.44. The molecule has 1 aromatic heterocycles. The third kappa shape index (κ3) is 4.31. The highest BCUT2D eigenvalue weighted by molar-refractivity contribution is 6.05. The Bertz CT molecular complexity index is 983. The first-order chi connectivity index (χ1) is 12.9. The number of amides is 1. The Morgan fingerprint density at radius 1 is 1.04 bits per heavy atom. The summed E-state index contributed by atoms with van der Waals surface area (Å²) in [4.78, 5) is 32.6. The maximum atomic E-state index is 12.3. The van der Waals surface area contributed by atoms with Crippen LogP contribution in [0.2, 0.25) is 0 Å². The van der Waals surface area contributed by atoms with Crippen LogP contribution in [-0.2, 0) is 6.54 Å². The van der Waals surface area contributed by atoms with Crippen LogP contribution in [0, 0.1) is 20.2 Å². The van der Waals surface area contributed by atoms with Crippen LogP contribution in [0.4, 0.5) is 17.1 Å². The molecule has 0 saturated carbocycles. The zero-order valence-corrected chi connectivity index (χ0v) is 13.8. The average Bonchev–Trinajstić information content (AvgIpc) is 3.08. The first-order valence-corrected chi connectivity index (χ1v) is 7.74. The fourth-order valence-corrected chi connectivity index (χ4v) is 2.43. The molecule has 0 spiro atoms. The van der Waals surface area contributed by atoms with E-state index in [0.717, 1.165) is 23.8 Å². The summed E-state index contributed by atoms with van der Waals surface area (Å²) in [5.41, 5.74) is 0.132. The summed E-state index contributed by atoms with van der Waals surface area (Å²) in [6.07, 6.45) is 3.02. The molecule has 0 atom stereocenters. The molecule has 1 amide bonds. The average molecular weight is 367 g/mol. The maximum absolute atomic E-state index is 12.3. The van der Waals surface area contributed by atoms with Crippen molar-refractivity contribution in [3.05, 3.63) is 92.3 Å². The van der Waals surface area contributed by atoms with Gasteiger partial charge < -0.3 is 5.32 Å². The van der Waals surface area contributed by atoms with E-state index in [4.69, 9.17) is 0 Å². The number of benzene rings is 2. The Morgan fingerprint density at radius 2 is 1.67 bits per heavy atom. The molecule has 3 rings (SSSR count). The molecule has 136 valence electrons. The smallest absolute Gasteiger partial charge is 0.277 e. The van der Waals surface area contributed by atoms with Gasteiger partial charge in [0.1, 0.15) is 0 Å². The van der Waals surface area contributed by atoms with Gasteiger partial charge in [-0.3, -0.25) is 29.7 Å². The van der Waals surface area contributed by atoms with Gasteiger partial charge in [-0.15, -0.1) is 0 Å². The molecule has 0 unspecified atom stereocenters. The number of nitrogens with zero attached hydrogens (tertiary/aromatic N) is 4. The summed E-state index contributed by atoms with van der Waals surface area (Å²) in [5.74, 6) is -0.707. The van der Waals surface area contributed by atoms with Crippen molar-refractivity contribution < 1.29 is 14.6 Å². The summed E-state index contributed by atoms with van der Waals surface area (Å²) in [6, 6.07) is 12.3. The molecule has 0 aliphatic carbocycles. The topological polar surface area (TPSA) is 133 Å². The standard InChI is InChI=1S/C17H13N5O5/c23-17(13-6-15(21(24)25)8-16(7-13)22(26)27)19-14-9-18-20(11-14)10-12-4-2-1-3-5-12/h1-9,11H,10H2,(H,19,23). The predicted molar refractivity (Wildman–Crippen MR) is 95.5 cm³/mol. The van der Waals surface area contributed by atoms with E-state index in [1.165, 1.54) is 6.20 Å². The monoisotopic (exact) mass is 367 g/mol. The van der Waals surface area contributed by atoms with Crippen molar-refractivity contribution >= 4 is 23.0 Å². The van der Waals surface area contributed by atoms with E-state index in [-0.39, 0.29) is 5.56 Å². The molecular formula is C17H13N5O5. The number of carbonyl (C=O) groups excluding carboxylic acids is 1. The molecule has 2 aromatic carbocycles. The van der Waals surface area contributed by atoms with Gasteiger partial charge in [-0.1, -0.05) is 30.3 Å². The number of hydrogen-bond acceptors (Lipinski definition) is 6. The lowest BCUT2D eigenvalue weighted by Gasteiger charge is -2.03. The zero-order valence-electron chi connectivity index (χ0n) is 13.8. The van der Waals surface area contributed by atoms with Crippen molar-refractivity contribution in [3.8, 4) is 0 Å². The predicted octanol–water partition coefficient (Wildman–Crippen LogP) is 3.00. The van der Waals surface area contributed by atoms with Crippen LogP contribution < -0.4 is 5.32 Å². The molecule has 0 aliphatic rings. The number of carbonyl (C=O) groups is 1. The summed E-state index contributed by atoms with van der Waals surface area (Å²) in [7, 11) is 0. The highest BCUT2D eigenvalue weighted by Crippen LogP contribution is 2.23. The summed E-state index contributed by atoms with van der Waals surface area (Å²) >= 11 is 0. The summed E-state index contributed by atoms with van der Waals surface area (Å²) in [6.45, 7) is 0.499. The Balaban J connectivity index is 1.77. The van der Waals surface area contributed by atoms with Crippen molar-refractivity contribution in [1.82, 2.24) is 9.78 Å². The van der Waals surface area contributed by atoms with Crippen LogP contribution in [0.5, 0.6) is 0 Å². The van der Waals surface area contributed by atoms with Crippen molar-refractivity contribution in [2.45, 2.75) is 6.54 Å². The van der Waals surface area contributed by atoms with Gasteiger partial charge in [-0.05, 0) is 5.56 Å². The van der Waals surface area contributed by atoms with E-state index < -0.39 is 27.1 Å². The Labute approximate surface area is 152 Å².